The van der Waals surface area contributed by atoms with Gasteiger partial charge in [0.2, 0.25) is 0 Å². The number of carbonyl (C=O) groups excluding carboxylic acids is 1. The molecule has 0 saturated carbocycles. The van der Waals surface area contributed by atoms with Gasteiger partial charge in [0.1, 0.15) is 11.2 Å². The Labute approximate surface area is 216 Å². The number of amides is 1. The molecule has 37 heavy (non-hydrogen) atoms. The third kappa shape index (κ3) is 5.09. The van der Waals surface area contributed by atoms with E-state index in [1.54, 1.807) is 14.2 Å². The Morgan fingerprint density at radius 1 is 1.14 bits per heavy atom. The number of aromatic amines is 1. The Hall–Kier alpha value is -3.72. The summed E-state index contributed by atoms with van der Waals surface area (Å²) in [6.07, 6.45) is 3.62. The van der Waals surface area contributed by atoms with Crippen LogP contribution >= 0.6 is 0 Å². The zero-order valence-electron chi connectivity index (χ0n) is 22.3. The molecule has 5 rings (SSSR count). The molecule has 1 saturated heterocycles. The van der Waals surface area contributed by atoms with Crippen LogP contribution in [0.1, 0.15) is 26.3 Å². The van der Waals surface area contributed by atoms with E-state index in [0.717, 1.165) is 52.8 Å². The van der Waals surface area contributed by atoms with Gasteiger partial charge in [-0.3, -0.25) is 4.90 Å². The lowest BCUT2D eigenvalue weighted by atomic mass is 9.99. The normalized spacial score (nSPS) is 14.6. The molecule has 1 aliphatic heterocycles. The molecule has 4 heterocycles. The van der Waals surface area contributed by atoms with E-state index in [1.165, 1.54) is 5.56 Å². The number of alkyl carbamates (subject to hydrolysis) is 1. The van der Waals surface area contributed by atoms with E-state index in [4.69, 9.17) is 14.2 Å². The zero-order valence-corrected chi connectivity index (χ0v) is 22.3. The molecule has 4 aromatic rings. The summed E-state index contributed by atoms with van der Waals surface area (Å²) in [5.74, 6) is 1.83. The quantitative estimate of drug-likeness (QED) is 0.378. The fraction of sp³-hybridized carbons (Fsp3) is 0.429. The molecule has 2 N–H and O–H groups in total. The lowest BCUT2D eigenvalue weighted by molar-refractivity contribution is 0.0457. The standard InChI is InChI=1S/C28H35N5O4/c1-28(2,3)37-27(34)30-12-17-13-33(14-17)15-18-7-8-29-26-19(18)9-22(31-26)21-16-32(4)23-11-25(36-6)24(35-5)10-20(21)23/h7-11,16-17H,12-15H2,1-6H3,(H,29,31)(H,30,34). The molecule has 0 spiro atoms. The molecular formula is C28H35N5O4. The van der Waals surface area contributed by atoms with E-state index in [1.807, 2.05) is 46.1 Å². The largest absolute Gasteiger partial charge is 0.493 e. The Bertz CT molecular complexity index is 1440. The summed E-state index contributed by atoms with van der Waals surface area (Å²) in [5, 5.41) is 5.08. The summed E-state index contributed by atoms with van der Waals surface area (Å²) in [7, 11) is 5.33. The van der Waals surface area contributed by atoms with Crippen molar-refractivity contribution in [2.24, 2.45) is 13.0 Å². The molecule has 0 aliphatic carbocycles. The predicted molar refractivity (Wildman–Crippen MR) is 144 cm³/mol. The van der Waals surface area contributed by atoms with Crippen molar-refractivity contribution in [2.45, 2.75) is 32.9 Å². The second-order valence-corrected chi connectivity index (χ2v) is 10.7. The number of hydrogen-bond donors (Lipinski definition) is 2. The van der Waals surface area contributed by atoms with Crippen LogP contribution < -0.4 is 14.8 Å². The number of fused-ring (bicyclic) bond motifs is 2. The smallest absolute Gasteiger partial charge is 0.407 e. The highest BCUT2D eigenvalue weighted by Crippen LogP contribution is 2.38. The number of rotatable bonds is 7. The Morgan fingerprint density at radius 3 is 2.57 bits per heavy atom. The molecule has 1 aliphatic rings. The number of methoxy groups -OCH3 is 2. The van der Waals surface area contributed by atoms with Gasteiger partial charge in [0, 0.05) is 79.6 Å². The van der Waals surface area contributed by atoms with Crippen molar-refractivity contribution in [2.75, 3.05) is 33.9 Å². The van der Waals surface area contributed by atoms with Crippen LogP contribution in [0.15, 0.2) is 36.7 Å². The van der Waals surface area contributed by atoms with Crippen LogP contribution in [0, 0.1) is 5.92 Å². The van der Waals surface area contributed by atoms with E-state index in [-0.39, 0.29) is 6.09 Å². The lowest BCUT2D eigenvalue weighted by Gasteiger charge is -2.39. The molecule has 0 atom stereocenters. The van der Waals surface area contributed by atoms with E-state index >= 15 is 0 Å². The molecule has 3 aromatic heterocycles. The number of aromatic nitrogens is 3. The first-order valence-corrected chi connectivity index (χ1v) is 12.5. The fourth-order valence-electron chi connectivity index (χ4n) is 5.01. The highest BCUT2D eigenvalue weighted by molar-refractivity contribution is 5.99. The van der Waals surface area contributed by atoms with Crippen LogP contribution in [-0.2, 0) is 18.3 Å². The number of nitrogens with zero attached hydrogens (tertiary/aromatic N) is 3. The number of nitrogens with one attached hydrogen (secondary N) is 2. The van der Waals surface area contributed by atoms with Crippen LogP contribution in [-0.4, -0.2) is 65.0 Å². The summed E-state index contributed by atoms with van der Waals surface area (Å²) < 4.78 is 18.5. The van der Waals surface area contributed by atoms with Crippen LogP contribution in [0.4, 0.5) is 4.79 Å². The first-order valence-electron chi connectivity index (χ1n) is 12.5. The summed E-state index contributed by atoms with van der Waals surface area (Å²) in [4.78, 5) is 22.4. The maximum Gasteiger partial charge on any atom is 0.407 e. The number of likely N-dealkylation sites (tertiary alicyclic amines) is 1. The second kappa shape index (κ2) is 9.63. The lowest BCUT2D eigenvalue weighted by Crippen LogP contribution is -2.51. The second-order valence-electron chi connectivity index (χ2n) is 10.7. The van der Waals surface area contributed by atoms with E-state index in [0.29, 0.717) is 24.0 Å². The van der Waals surface area contributed by atoms with E-state index in [2.05, 4.69) is 43.1 Å². The van der Waals surface area contributed by atoms with Crippen LogP contribution in [0.3, 0.4) is 0 Å². The average molecular weight is 506 g/mol. The number of carbonyl (C=O) groups is 1. The SMILES string of the molecule is COc1cc2c(-c3cc4c(CN5CC(CNC(=O)OC(C)(C)C)C5)ccnc4[nH]3)cn(C)c2cc1OC. The van der Waals surface area contributed by atoms with Gasteiger partial charge in [-0.25, -0.2) is 9.78 Å². The maximum atomic E-state index is 11.9. The molecular weight excluding hydrogens is 470 g/mol. The summed E-state index contributed by atoms with van der Waals surface area (Å²) in [6, 6.07) is 8.30. The number of benzene rings is 1. The van der Waals surface area contributed by atoms with Gasteiger partial charge in [0.25, 0.3) is 0 Å². The molecule has 1 aromatic carbocycles. The Kier molecular flexibility index (Phi) is 6.49. The van der Waals surface area contributed by atoms with Crippen LogP contribution in [0.5, 0.6) is 11.5 Å². The molecule has 0 radical (unpaired) electrons. The highest BCUT2D eigenvalue weighted by Gasteiger charge is 2.28. The number of H-pyrrole nitrogens is 1. The van der Waals surface area contributed by atoms with E-state index < -0.39 is 5.60 Å². The minimum atomic E-state index is -0.483. The summed E-state index contributed by atoms with van der Waals surface area (Å²) in [6.45, 7) is 8.93. The first-order chi connectivity index (χ1) is 17.6. The summed E-state index contributed by atoms with van der Waals surface area (Å²) in [5.41, 5.74) is 4.77. The predicted octanol–water partition coefficient (Wildman–Crippen LogP) is 4.70. The molecule has 9 nitrogen and oxygen atoms in total. The number of aryl methyl sites for hydroxylation is 1. The van der Waals surface area contributed by atoms with Gasteiger partial charge in [-0.05, 0) is 44.5 Å². The van der Waals surface area contributed by atoms with Crippen molar-refractivity contribution >= 4 is 28.0 Å². The van der Waals surface area contributed by atoms with Gasteiger partial charge in [-0.15, -0.1) is 0 Å². The van der Waals surface area contributed by atoms with Crippen LogP contribution in [0.25, 0.3) is 33.2 Å². The minimum absolute atomic E-state index is 0.355. The van der Waals surface area contributed by atoms with Gasteiger partial charge < -0.3 is 29.1 Å². The molecule has 9 heteroatoms. The van der Waals surface area contributed by atoms with Crippen molar-refractivity contribution in [3.8, 4) is 22.8 Å². The van der Waals surface area contributed by atoms with Crippen molar-refractivity contribution in [1.82, 2.24) is 24.8 Å². The van der Waals surface area contributed by atoms with Crippen LogP contribution in [0.2, 0.25) is 0 Å². The van der Waals surface area contributed by atoms with Gasteiger partial charge in [-0.2, -0.15) is 0 Å². The van der Waals surface area contributed by atoms with Crippen molar-refractivity contribution < 1.29 is 19.0 Å². The van der Waals surface area contributed by atoms with Gasteiger partial charge in [0.05, 0.1) is 19.7 Å². The highest BCUT2D eigenvalue weighted by atomic mass is 16.6. The van der Waals surface area contributed by atoms with Gasteiger partial charge in [-0.1, -0.05) is 0 Å². The molecule has 0 bridgehead atoms. The molecule has 1 amide bonds. The van der Waals surface area contributed by atoms with Gasteiger partial charge >= 0.3 is 6.09 Å². The topological polar surface area (TPSA) is 93.6 Å². The summed E-state index contributed by atoms with van der Waals surface area (Å²) >= 11 is 0. The van der Waals surface area contributed by atoms with Crippen molar-refractivity contribution in [3.63, 3.8) is 0 Å². The zero-order chi connectivity index (χ0) is 26.3. The number of hydrogen-bond acceptors (Lipinski definition) is 6. The first kappa shape index (κ1) is 25.0. The third-order valence-electron chi connectivity index (χ3n) is 6.77. The van der Waals surface area contributed by atoms with Gasteiger partial charge in [0.15, 0.2) is 11.5 Å². The minimum Gasteiger partial charge on any atom is -0.493 e. The van der Waals surface area contributed by atoms with Crippen molar-refractivity contribution in [3.05, 3.63) is 42.2 Å². The number of pyridine rings is 1. The average Bonchev–Trinajstić information content (AvgIpc) is 3.39. The monoisotopic (exact) mass is 505 g/mol. The molecule has 1 fully saturated rings. The Balaban J connectivity index is 1.31. The molecule has 196 valence electrons. The van der Waals surface area contributed by atoms with E-state index in [9.17, 15) is 4.79 Å². The Morgan fingerprint density at radius 2 is 1.86 bits per heavy atom. The maximum absolute atomic E-state index is 11.9. The number of ether oxygens (including phenoxy) is 3. The van der Waals surface area contributed by atoms with Crippen molar-refractivity contribution in [1.29, 1.82) is 0 Å². The molecule has 0 unspecified atom stereocenters. The fourth-order valence-corrected chi connectivity index (χ4v) is 5.01. The third-order valence-corrected chi connectivity index (χ3v) is 6.77.